The molecule has 7 nitrogen and oxygen atoms in total. The van der Waals surface area contributed by atoms with Crippen LogP contribution >= 0.6 is 0 Å². The summed E-state index contributed by atoms with van der Waals surface area (Å²) in [6.45, 7) is 2.53. The summed E-state index contributed by atoms with van der Waals surface area (Å²) in [7, 11) is 1.64. The molecule has 1 amide bonds. The van der Waals surface area contributed by atoms with Crippen LogP contribution in [-0.2, 0) is 16.1 Å². The third-order valence-electron chi connectivity index (χ3n) is 6.12. The number of amides is 1. The van der Waals surface area contributed by atoms with Crippen molar-refractivity contribution in [3.63, 3.8) is 0 Å². The number of rotatable bonds is 6. The Labute approximate surface area is 154 Å². The van der Waals surface area contributed by atoms with Crippen molar-refractivity contribution in [1.82, 2.24) is 19.2 Å². The first-order chi connectivity index (χ1) is 12.7. The maximum absolute atomic E-state index is 12.8. The van der Waals surface area contributed by atoms with Crippen molar-refractivity contribution in [3.05, 3.63) is 16.3 Å². The molecule has 26 heavy (non-hydrogen) atoms. The van der Waals surface area contributed by atoms with Crippen LogP contribution in [0.4, 0.5) is 0 Å². The largest absolute Gasteiger partial charge is 0.383 e. The summed E-state index contributed by atoms with van der Waals surface area (Å²) in [6, 6.07) is 0.301. The van der Waals surface area contributed by atoms with Crippen LogP contribution in [0.5, 0.6) is 0 Å². The van der Waals surface area contributed by atoms with Crippen molar-refractivity contribution >= 4 is 5.91 Å². The molecule has 3 aliphatic rings. The molecular weight excluding hydrogens is 332 g/mol. The standard InChI is InChI=1S/C19H30N4O3/c1-26-12-11-22-19(25)23(16-8-9-16)17(20-22)15-7-4-10-21(13-15)18(24)14-5-2-3-6-14/h14-16H,2-13H2,1H3. The monoisotopic (exact) mass is 362 g/mol. The van der Waals surface area contributed by atoms with Crippen molar-refractivity contribution < 1.29 is 9.53 Å². The normalized spacial score (nSPS) is 24.3. The quantitative estimate of drug-likeness (QED) is 0.775. The summed E-state index contributed by atoms with van der Waals surface area (Å²) >= 11 is 0. The van der Waals surface area contributed by atoms with Crippen molar-refractivity contribution in [2.24, 2.45) is 5.92 Å². The second kappa shape index (κ2) is 7.55. The van der Waals surface area contributed by atoms with Gasteiger partial charge in [0.15, 0.2) is 0 Å². The summed E-state index contributed by atoms with van der Waals surface area (Å²) in [5.41, 5.74) is -0.0150. The molecule has 0 bridgehead atoms. The van der Waals surface area contributed by atoms with Crippen LogP contribution in [0.1, 0.15) is 69.2 Å². The highest BCUT2D eigenvalue weighted by atomic mass is 16.5. The number of piperidine rings is 1. The second-order valence-corrected chi connectivity index (χ2v) is 8.06. The van der Waals surface area contributed by atoms with E-state index in [1.165, 1.54) is 12.8 Å². The van der Waals surface area contributed by atoms with Gasteiger partial charge in [-0.1, -0.05) is 12.8 Å². The van der Waals surface area contributed by atoms with Crippen LogP contribution in [0.3, 0.4) is 0 Å². The predicted molar refractivity (Wildman–Crippen MR) is 97.1 cm³/mol. The maximum atomic E-state index is 12.8. The van der Waals surface area contributed by atoms with Crippen molar-refractivity contribution in [2.45, 2.75) is 69.9 Å². The van der Waals surface area contributed by atoms with Crippen LogP contribution in [-0.4, -0.2) is 52.0 Å². The molecule has 2 aliphatic carbocycles. The van der Waals surface area contributed by atoms with Gasteiger partial charge >= 0.3 is 5.69 Å². The summed E-state index contributed by atoms with van der Waals surface area (Å²) in [4.78, 5) is 27.7. The summed E-state index contributed by atoms with van der Waals surface area (Å²) < 4.78 is 8.57. The third-order valence-corrected chi connectivity index (χ3v) is 6.12. The molecule has 7 heteroatoms. The number of aromatic nitrogens is 3. The fourth-order valence-electron chi connectivity index (χ4n) is 4.53. The molecule has 2 heterocycles. The van der Waals surface area contributed by atoms with E-state index in [1.807, 2.05) is 9.47 Å². The Balaban J connectivity index is 1.54. The Morgan fingerprint density at radius 3 is 2.62 bits per heavy atom. The molecule has 3 fully saturated rings. The van der Waals surface area contributed by atoms with Crippen molar-refractivity contribution in [2.75, 3.05) is 26.8 Å². The van der Waals surface area contributed by atoms with Gasteiger partial charge in [-0.25, -0.2) is 9.48 Å². The van der Waals surface area contributed by atoms with Gasteiger partial charge in [0.2, 0.25) is 5.91 Å². The average Bonchev–Trinajstić information content (AvgIpc) is 3.23. The van der Waals surface area contributed by atoms with E-state index in [-0.39, 0.29) is 17.5 Å². The molecule has 2 saturated carbocycles. The number of methoxy groups -OCH3 is 1. The first-order valence-corrected chi connectivity index (χ1v) is 10.2. The van der Waals surface area contributed by atoms with Gasteiger partial charge in [-0.2, -0.15) is 5.10 Å². The number of hydrogen-bond acceptors (Lipinski definition) is 4. The molecule has 144 valence electrons. The minimum atomic E-state index is -0.0150. The molecule has 1 aromatic rings. The first kappa shape index (κ1) is 17.8. The Hall–Kier alpha value is -1.63. The molecule has 1 unspecified atom stereocenters. The zero-order valence-corrected chi connectivity index (χ0v) is 15.7. The molecule has 1 aliphatic heterocycles. The van der Waals surface area contributed by atoms with Crippen LogP contribution in [0.25, 0.3) is 0 Å². The van der Waals surface area contributed by atoms with Crippen molar-refractivity contribution in [1.29, 1.82) is 0 Å². The predicted octanol–water partition coefficient (Wildman–Crippen LogP) is 1.92. The highest BCUT2D eigenvalue weighted by molar-refractivity contribution is 5.79. The molecule has 1 saturated heterocycles. The van der Waals surface area contributed by atoms with E-state index >= 15 is 0 Å². The highest BCUT2D eigenvalue weighted by Gasteiger charge is 2.36. The lowest BCUT2D eigenvalue weighted by atomic mass is 9.95. The van der Waals surface area contributed by atoms with Gasteiger partial charge in [0.25, 0.3) is 0 Å². The van der Waals surface area contributed by atoms with E-state index < -0.39 is 0 Å². The van der Waals surface area contributed by atoms with Crippen LogP contribution in [0.15, 0.2) is 4.79 Å². The number of hydrogen-bond donors (Lipinski definition) is 0. The zero-order valence-electron chi connectivity index (χ0n) is 15.7. The Bertz CT molecular complexity index is 700. The fourth-order valence-corrected chi connectivity index (χ4v) is 4.53. The van der Waals surface area contributed by atoms with E-state index in [9.17, 15) is 9.59 Å². The second-order valence-electron chi connectivity index (χ2n) is 8.06. The molecule has 0 aromatic carbocycles. The molecule has 1 aromatic heterocycles. The molecule has 0 N–H and O–H groups in total. The number of ether oxygens (including phenoxy) is 1. The molecular formula is C19H30N4O3. The lowest BCUT2D eigenvalue weighted by molar-refractivity contribution is -0.136. The van der Waals surface area contributed by atoms with Gasteiger partial charge in [0, 0.05) is 38.1 Å². The maximum Gasteiger partial charge on any atom is 0.346 e. The topological polar surface area (TPSA) is 69.4 Å². The molecule has 4 rings (SSSR count). The lowest BCUT2D eigenvalue weighted by Gasteiger charge is -2.34. The molecule has 0 radical (unpaired) electrons. The highest BCUT2D eigenvalue weighted by Crippen LogP contribution is 2.37. The van der Waals surface area contributed by atoms with Gasteiger partial charge in [-0.05, 0) is 38.5 Å². The van der Waals surface area contributed by atoms with E-state index in [0.29, 0.717) is 31.6 Å². The summed E-state index contributed by atoms with van der Waals surface area (Å²) in [5.74, 6) is 1.61. The van der Waals surface area contributed by atoms with Gasteiger partial charge in [0.05, 0.1) is 13.2 Å². The number of carbonyl (C=O) groups is 1. The number of nitrogens with zero attached hydrogens (tertiary/aromatic N) is 4. The van der Waals surface area contributed by atoms with Crippen LogP contribution < -0.4 is 5.69 Å². The summed E-state index contributed by atoms with van der Waals surface area (Å²) in [6.07, 6.45) is 8.55. The Morgan fingerprint density at radius 1 is 1.15 bits per heavy atom. The van der Waals surface area contributed by atoms with E-state index in [0.717, 1.165) is 50.9 Å². The molecule has 1 atom stereocenters. The first-order valence-electron chi connectivity index (χ1n) is 10.2. The van der Waals surface area contributed by atoms with Gasteiger partial charge in [-0.3, -0.25) is 9.36 Å². The van der Waals surface area contributed by atoms with Gasteiger partial charge in [0.1, 0.15) is 5.82 Å². The zero-order chi connectivity index (χ0) is 18.1. The van der Waals surface area contributed by atoms with Crippen LogP contribution in [0, 0.1) is 5.92 Å². The van der Waals surface area contributed by atoms with Crippen molar-refractivity contribution in [3.8, 4) is 0 Å². The minimum absolute atomic E-state index is 0.0150. The fraction of sp³-hybridized carbons (Fsp3) is 0.842. The van der Waals surface area contributed by atoms with E-state index in [2.05, 4.69) is 5.10 Å². The van der Waals surface area contributed by atoms with Crippen LogP contribution in [0.2, 0.25) is 0 Å². The van der Waals surface area contributed by atoms with E-state index in [4.69, 9.17) is 4.74 Å². The summed E-state index contributed by atoms with van der Waals surface area (Å²) in [5, 5.41) is 4.67. The number of likely N-dealkylation sites (tertiary alicyclic amines) is 1. The third kappa shape index (κ3) is 3.46. The lowest BCUT2D eigenvalue weighted by Crippen LogP contribution is -2.42. The van der Waals surface area contributed by atoms with Gasteiger partial charge < -0.3 is 9.64 Å². The SMILES string of the molecule is COCCn1nc(C2CCCN(C(=O)C3CCCC3)C2)n(C2CC2)c1=O. The smallest absolute Gasteiger partial charge is 0.346 e. The Kier molecular flexibility index (Phi) is 5.16. The minimum Gasteiger partial charge on any atom is -0.383 e. The van der Waals surface area contributed by atoms with Gasteiger partial charge in [-0.15, -0.1) is 0 Å². The van der Waals surface area contributed by atoms with E-state index in [1.54, 1.807) is 11.8 Å². The average molecular weight is 362 g/mol. The number of carbonyl (C=O) groups excluding carboxylic acids is 1. The molecule has 0 spiro atoms. The Morgan fingerprint density at radius 2 is 1.92 bits per heavy atom.